The van der Waals surface area contributed by atoms with Gasteiger partial charge in [-0.3, -0.25) is 4.79 Å². The Hall–Kier alpha value is -1.60. The van der Waals surface area contributed by atoms with Gasteiger partial charge in [0.15, 0.2) is 0 Å². The lowest BCUT2D eigenvalue weighted by atomic mass is 9.91. The Labute approximate surface area is 168 Å². The molecule has 1 amide bonds. The largest absolute Gasteiger partial charge is 0.495 e. The summed E-state index contributed by atoms with van der Waals surface area (Å²) in [5, 5.41) is 0. The number of hydrogen-bond acceptors (Lipinski definition) is 4. The number of piperidine rings is 1. The Morgan fingerprint density at radius 3 is 2.21 bits per heavy atom. The molecule has 2 atom stereocenters. The van der Waals surface area contributed by atoms with E-state index in [1.54, 1.807) is 12.1 Å². The van der Waals surface area contributed by atoms with Crippen molar-refractivity contribution in [3.05, 3.63) is 23.8 Å². The Kier molecular flexibility index (Phi) is 6.65. The Balaban J connectivity index is 1.92. The predicted octanol–water partition coefficient (Wildman–Crippen LogP) is 3.38. The first-order chi connectivity index (χ1) is 13.3. The summed E-state index contributed by atoms with van der Waals surface area (Å²) < 4.78 is 33.5. The van der Waals surface area contributed by atoms with Crippen LogP contribution in [0.25, 0.3) is 0 Å². The van der Waals surface area contributed by atoms with E-state index < -0.39 is 10.0 Å². The van der Waals surface area contributed by atoms with Crippen molar-refractivity contribution in [2.75, 3.05) is 33.3 Å². The Morgan fingerprint density at radius 2 is 1.64 bits per heavy atom. The number of benzene rings is 1. The number of methoxy groups -OCH3 is 1. The first kappa shape index (κ1) is 21.1. The van der Waals surface area contributed by atoms with E-state index in [1.165, 1.54) is 17.5 Å². The molecule has 2 aliphatic rings. The molecule has 2 unspecified atom stereocenters. The second-order valence-corrected chi connectivity index (χ2v) is 10.2. The van der Waals surface area contributed by atoms with Crippen molar-refractivity contribution >= 4 is 15.9 Å². The smallest absolute Gasteiger partial charge is 0.253 e. The van der Waals surface area contributed by atoms with E-state index in [9.17, 15) is 13.2 Å². The summed E-state index contributed by atoms with van der Waals surface area (Å²) in [4.78, 5) is 15.0. The van der Waals surface area contributed by atoms with Gasteiger partial charge in [0.25, 0.3) is 5.91 Å². The van der Waals surface area contributed by atoms with E-state index in [1.807, 2.05) is 4.90 Å². The normalized spacial score (nSPS) is 24.6. The minimum absolute atomic E-state index is 0.0980. The van der Waals surface area contributed by atoms with Crippen LogP contribution in [0.5, 0.6) is 5.75 Å². The average molecular weight is 409 g/mol. The van der Waals surface area contributed by atoms with E-state index in [0.29, 0.717) is 49.3 Å². The molecule has 28 heavy (non-hydrogen) atoms. The van der Waals surface area contributed by atoms with Crippen LogP contribution < -0.4 is 4.74 Å². The van der Waals surface area contributed by atoms with Crippen LogP contribution in [0.15, 0.2) is 23.1 Å². The summed E-state index contributed by atoms with van der Waals surface area (Å²) in [6.45, 7) is 6.76. The maximum absolute atomic E-state index is 13.3. The molecule has 0 spiro atoms. The van der Waals surface area contributed by atoms with E-state index in [0.717, 1.165) is 32.1 Å². The molecule has 1 aromatic rings. The number of nitrogens with zero attached hydrogens (tertiary/aromatic N) is 2. The summed E-state index contributed by atoms with van der Waals surface area (Å²) in [7, 11) is -2.23. The molecular weight excluding hydrogens is 376 g/mol. The molecular formula is C21H32N2O4S. The third kappa shape index (κ3) is 4.51. The number of rotatable bonds is 4. The monoisotopic (exact) mass is 408 g/mol. The molecule has 0 aliphatic carbocycles. The summed E-state index contributed by atoms with van der Waals surface area (Å²) in [5.74, 6) is 1.09. The van der Waals surface area contributed by atoms with Gasteiger partial charge in [-0.15, -0.1) is 0 Å². The van der Waals surface area contributed by atoms with Crippen LogP contribution in [0.2, 0.25) is 0 Å². The zero-order valence-electron chi connectivity index (χ0n) is 17.2. The second kappa shape index (κ2) is 8.82. The lowest BCUT2D eigenvalue weighted by Crippen LogP contribution is -2.42. The number of sulfonamides is 1. The molecule has 0 N–H and O–H groups in total. The lowest BCUT2D eigenvalue weighted by Gasteiger charge is -2.35. The molecule has 0 radical (unpaired) electrons. The highest BCUT2D eigenvalue weighted by Gasteiger charge is 2.31. The third-order valence-electron chi connectivity index (χ3n) is 5.75. The van der Waals surface area contributed by atoms with Crippen LogP contribution in [0.4, 0.5) is 0 Å². The first-order valence-electron chi connectivity index (χ1n) is 10.3. The molecule has 7 heteroatoms. The molecule has 156 valence electrons. The van der Waals surface area contributed by atoms with E-state index in [4.69, 9.17) is 4.74 Å². The van der Waals surface area contributed by atoms with Gasteiger partial charge in [0.05, 0.1) is 7.11 Å². The average Bonchev–Trinajstić information content (AvgIpc) is 2.96. The molecule has 2 aliphatic heterocycles. The number of carbonyl (C=O) groups is 1. The first-order valence-corrected chi connectivity index (χ1v) is 11.7. The van der Waals surface area contributed by atoms with Gasteiger partial charge >= 0.3 is 0 Å². The standard InChI is InChI=1S/C21H32N2O4S/c1-16-12-17(2)15-22(14-16)21(24)18-8-9-19(27-3)20(13-18)28(25,26)23-10-6-4-5-7-11-23/h8-9,13,16-17H,4-7,10-12,14-15H2,1-3H3. The van der Waals surface area contributed by atoms with Crippen molar-refractivity contribution in [2.45, 2.75) is 50.8 Å². The van der Waals surface area contributed by atoms with Crippen LogP contribution in [-0.4, -0.2) is 56.8 Å². The zero-order valence-corrected chi connectivity index (χ0v) is 18.0. The number of hydrogen-bond donors (Lipinski definition) is 0. The second-order valence-electron chi connectivity index (χ2n) is 8.34. The van der Waals surface area contributed by atoms with Gasteiger partial charge in [-0.1, -0.05) is 26.7 Å². The zero-order chi connectivity index (χ0) is 20.3. The van der Waals surface area contributed by atoms with Gasteiger partial charge in [-0.2, -0.15) is 4.31 Å². The fraction of sp³-hybridized carbons (Fsp3) is 0.667. The lowest BCUT2D eigenvalue weighted by molar-refractivity contribution is 0.0623. The topological polar surface area (TPSA) is 66.9 Å². The predicted molar refractivity (Wildman–Crippen MR) is 109 cm³/mol. The van der Waals surface area contributed by atoms with Crippen LogP contribution in [0.1, 0.15) is 56.3 Å². The maximum Gasteiger partial charge on any atom is 0.253 e. The fourth-order valence-corrected chi connectivity index (χ4v) is 6.14. The van der Waals surface area contributed by atoms with E-state index in [2.05, 4.69) is 13.8 Å². The van der Waals surface area contributed by atoms with Gasteiger partial charge in [0.2, 0.25) is 10.0 Å². The number of amides is 1. The highest BCUT2D eigenvalue weighted by molar-refractivity contribution is 7.89. The molecule has 3 rings (SSSR count). The highest BCUT2D eigenvalue weighted by atomic mass is 32.2. The number of ether oxygens (including phenoxy) is 1. The van der Waals surface area contributed by atoms with Crippen LogP contribution in [0, 0.1) is 11.8 Å². The Morgan fingerprint density at radius 1 is 1.04 bits per heavy atom. The minimum Gasteiger partial charge on any atom is -0.495 e. The summed E-state index contributed by atoms with van der Waals surface area (Å²) >= 11 is 0. The Bertz CT molecular complexity index is 791. The SMILES string of the molecule is COc1ccc(C(=O)N2CC(C)CC(C)C2)cc1S(=O)(=O)N1CCCCCC1. The molecule has 0 saturated carbocycles. The molecule has 2 heterocycles. The maximum atomic E-state index is 13.3. The molecule has 6 nitrogen and oxygen atoms in total. The van der Waals surface area contributed by atoms with Crippen LogP contribution >= 0.6 is 0 Å². The summed E-state index contributed by atoms with van der Waals surface area (Å²) in [6, 6.07) is 4.78. The van der Waals surface area contributed by atoms with E-state index >= 15 is 0 Å². The van der Waals surface area contributed by atoms with Crippen molar-refractivity contribution in [2.24, 2.45) is 11.8 Å². The van der Waals surface area contributed by atoms with Gasteiger partial charge in [0.1, 0.15) is 10.6 Å². The van der Waals surface area contributed by atoms with Crippen molar-refractivity contribution in [3.63, 3.8) is 0 Å². The van der Waals surface area contributed by atoms with Gasteiger partial charge in [-0.05, 0) is 49.3 Å². The number of carbonyl (C=O) groups excluding carboxylic acids is 1. The summed E-state index contributed by atoms with van der Waals surface area (Å²) in [6.07, 6.45) is 4.94. The minimum atomic E-state index is -3.70. The third-order valence-corrected chi connectivity index (χ3v) is 7.67. The molecule has 2 saturated heterocycles. The van der Waals surface area contributed by atoms with Crippen molar-refractivity contribution < 1.29 is 17.9 Å². The van der Waals surface area contributed by atoms with Gasteiger partial charge in [-0.25, -0.2) is 8.42 Å². The quantitative estimate of drug-likeness (QED) is 0.766. The number of likely N-dealkylation sites (tertiary alicyclic amines) is 1. The molecule has 2 fully saturated rings. The van der Waals surface area contributed by atoms with Crippen molar-refractivity contribution in [3.8, 4) is 5.75 Å². The summed E-state index contributed by atoms with van der Waals surface area (Å²) in [5.41, 5.74) is 0.412. The van der Waals surface area contributed by atoms with Gasteiger partial charge < -0.3 is 9.64 Å². The van der Waals surface area contributed by atoms with E-state index in [-0.39, 0.29) is 10.8 Å². The molecule has 1 aromatic carbocycles. The molecule has 0 bridgehead atoms. The van der Waals surface area contributed by atoms with Crippen LogP contribution in [0.3, 0.4) is 0 Å². The van der Waals surface area contributed by atoms with Crippen LogP contribution in [-0.2, 0) is 10.0 Å². The van der Waals surface area contributed by atoms with Crippen molar-refractivity contribution in [1.29, 1.82) is 0 Å². The molecule has 0 aromatic heterocycles. The van der Waals surface area contributed by atoms with Crippen molar-refractivity contribution in [1.82, 2.24) is 9.21 Å². The van der Waals surface area contributed by atoms with Gasteiger partial charge in [0, 0.05) is 31.7 Å². The highest BCUT2D eigenvalue weighted by Crippen LogP contribution is 2.30. The fourth-order valence-electron chi connectivity index (χ4n) is 4.44.